The Hall–Kier alpha value is -2.26. The van der Waals surface area contributed by atoms with Crippen LogP contribution in [0.2, 0.25) is 0 Å². The first kappa shape index (κ1) is 29.3. The number of benzene rings is 1. The van der Waals surface area contributed by atoms with Gasteiger partial charge in [-0.1, -0.05) is 57.1 Å². The lowest BCUT2D eigenvalue weighted by atomic mass is 9.98. The number of methoxy groups -OCH3 is 1. The monoisotopic (exact) mass is 505 g/mol. The van der Waals surface area contributed by atoms with E-state index in [1.165, 1.54) is 64.8 Å². The fourth-order valence-corrected chi connectivity index (χ4v) is 6.45. The normalized spacial score (nSPS) is 22.9. The summed E-state index contributed by atoms with van der Waals surface area (Å²) in [6.07, 6.45) is 13.6. The van der Waals surface area contributed by atoms with Gasteiger partial charge in [0.25, 0.3) is 0 Å². The summed E-state index contributed by atoms with van der Waals surface area (Å²) in [4.78, 5) is 2.58. The Kier molecular flexibility index (Phi) is 10.7. The topological polar surface area (TPSA) is 32.7 Å². The highest BCUT2D eigenvalue weighted by atomic mass is 16.5. The molecule has 0 spiro atoms. The molecule has 1 aromatic carbocycles. The smallest absolute Gasteiger partial charge is 0.119 e. The third-order valence-corrected chi connectivity index (χ3v) is 8.23. The number of aliphatic hydroxyl groups is 1. The molecule has 0 amide bonds. The Labute approximate surface area is 227 Å². The third-order valence-electron chi connectivity index (χ3n) is 8.23. The predicted molar refractivity (Wildman–Crippen MR) is 159 cm³/mol. The van der Waals surface area contributed by atoms with E-state index in [9.17, 15) is 5.11 Å². The number of hydrogen-bond acceptors (Lipinski definition) is 3. The van der Waals surface area contributed by atoms with Gasteiger partial charge >= 0.3 is 0 Å². The van der Waals surface area contributed by atoms with Crippen LogP contribution in [0.25, 0.3) is 5.57 Å². The molecule has 3 nitrogen and oxygen atoms in total. The van der Waals surface area contributed by atoms with Crippen molar-refractivity contribution in [2.45, 2.75) is 105 Å². The summed E-state index contributed by atoms with van der Waals surface area (Å²) in [5.41, 5.74) is 9.24. The third kappa shape index (κ3) is 8.11. The van der Waals surface area contributed by atoms with E-state index in [2.05, 4.69) is 76.4 Å². The number of ether oxygens (including phenoxy) is 1. The van der Waals surface area contributed by atoms with Gasteiger partial charge in [0.2, 0.25) is 0 Å². The fraction of sp³-hybridized carbons (Fsp3) is 0.588. The van der Waals surface area contributed by atoms with Gasteiger partial charge in [-0.15, -0.1) is 0 Å². The average molecular weight is 506 g/mol. The van der Waals surface area contributed by atoms with Gasteiger partial charge in [0.1, 0.15) is 5.75 Å². The van der Waals surface area contributed by atoms with Crippen molar-refractivity contribution in [2.24, 2.45) is 11.8 Å². The molecule has 2 aliphatic rings. The van der Waals surface area contributed by atoms with Crippen molar-refractivity contribution in [1.29, 1.82) is 0 Å². The molecule has 2 aliphatic carbocycles. The molecule has 0 radical (unpaired) electrons. The summed E-state index contributed by atoms with van der Waals surface area (Å²) in [5.74, 6) is 2.48. The van der Waals surface area contributed by atoms with E-state index in [1.807, 2.05) is 6.92 Å². The molecular formula is C34H51NO2. The maximum atomic E-state index is 9.81. The molecule has 3 heteroatoms. The summed E-state index contributed by atoms with van der Waals surface area (Å²) >= 11 is 0. The van der Waals surface area contributed by atoms with Crippen LogP contribution in [0.4, 0.5) is 0 Å². The van der Waals surface area contributed by atoms with Gasteiger partial charge in [-0.25, -0.2) is 0 Å². The van der Waals surface area contributed by atoms with Crippen molar-refractivity contribution in [1.82, 2.24) is 4.90 Å². The average Bonchev–Trinajstić information content (AvgIpc) is 3.39. The Bertz CT molecular complexity index is 1030. The second-order valence-corrected chi connectivity index (χ2v) is 11.9. The van der Waals surface area contributed by atoms with Crippen molar-refractivity contribution in [2.75, 3.05) is 13.7 Å². The Morgan fingerprint density at radius 3 is 2.65 bits per heavy atom. The number of nitrogens with zero attached hydrogens (tertiary/aromatic N) is 1. The van der Waals surface area contributed by atoms with Gasteiger partial charge in [-0.05, 0) is 118 Å². The van der Waals surface area contributed by atoms with Crippen LogP contribution in [0.15, 0.2) is 59.3 Å². The fourth-order valence-electron chi connectivity index (χ4n) is 6.45. The Morgan fingerprint density at radius 2 is 2.00 bits per heavy atom. The first-order chi connectivity index (χ1) is 17.6. The van der Waals surface area contributed by atoms with Crippen molar-refractivity contribution in [3.63, 3.8) is 0 Å². The molecular weight excluding hydrogens is 454 g/mol. The van der Waals surface area contributed by atoms with Crippen LogP contribution in [0.1, 0.15) is 97.1 Å². The highest BCUT2D eigenvalue weighted by Gasteiger charge is 2.34. The second-order valence-electron chi connectivity index (χ2n) is 11.9. The first-order valence-corrected chi connectivity index (χ1v) is 14.5. The lowest BCUT2D eigenvalue weighted by Crippen LogP contribution is -2.36. The van der Waals surface area contributed by atoms with E-state index in [4.69, 9.17) is 4.74 Å². The minimum atomic E-state index is -0.249. The number of aliphatic hydroxyl groups excluding tert-OH is 1. The highest BCUT2D eigenvalue weighted by molar-refractivity contribution is 5.76. The minimum absolute atomic E-state index is 0.249. The number of aryl methyl sites for hydroxylation is 1. The van der Waals surface area contributed by atoms with Crippen molar-refractivity contribution in [3.05, 3.63) is 70.5 Å². The van der Waals surface area contributed by atoms with E-state index < -0.39 is 0 Å². The summed E-state index contributed by atoms with van der Waals surface area (Å²) in [6.45, 7) is 18.5. The highest BCUT2D eigenvalue weighted by Crippen LogP contribution is 2.40. The summed E-state index contributed by atoms with van der Waals surface area (Å²) in [7, 11) is 1.74. The number of allylic oxidation sites excluding steroid dienone is 6. The zero-order valence-corrected chi connectivity index (χ0v) is 24.6. The first-order valence-electron chi connectivity index (χ1n) is 14.5. The standard InChI is InChI=1S/C34H51NO2/c1-9-11-28-17-26(6)34(18-28)35(23(2)3)22-25(5)15-30-20-32(19-29(30)13-10-12-27(7)36)31-14-24(4)16-33(21-31)37-8/h14-16,19,21,26-28,34,36H,2,9-13,17-18,20,22H2,1,3-8H3/b25-15+. The van der Waals surface area contributed by atoms with Crippen LogP contribution < -0.4 is 4.74 Å². The summed E-state index contributed by atoms with van der Waals surface area (Å²) in [6, 6.07) is 7.09. The molecule has 1 fully saturated rings. The van der Waals surface area contributed by atoms with E-state index in [0.29, 0.717) is 12.0 Å². The zero-order chi connectivity index (χ0) is 27.1. The zero-order valence-electron chi connectivity index (χ0n) is 24.6. The molecule has 1 saturated carbocycles. The Balaban J connectivity index is 1.81. The van der Waals surface area contributed by atoms with Gasteiger partial charge in [0.05, 0.1) is 13.2 Å². The minimum Gasteiger partial charge on any atom is -0.497 e. The molecule has 0 saturated heterocycles. The quantitative estimate of drug-likeness (QED) is 0.291. The van der Waals surface area contributed by atoms with Gasteiger partial charge < -0.3 is 14.7 Å². The van der Waals surface area contributed by atoms with Crippen molar-refractivity contribution >= 4 is 5.57 Å². The maximum Gasteiger partial charge on any atom is 0.119 e. The largest absolute Gasteiger partial charge is 0.497 e. The van der Waals surface area contributed by atoms with Crippen LogP contribution >= 0.6 is 0 Å². The molecule has 1 aromatic rings. The molecule has 3 rings (SSSR count). The van der Waals surface area contributed by atoms with Crippen LogP contribution in [-0.4, -0.2) is 35.8 Å². The van der Waals surface area contributed by atoms with E-state index in [-0.39, 0.29) is 6.10 Å². The van der Waals surface area contributed by atoms with Gasteiger partial charge in [0.15, 0.2) is 0 Å². The van der Waals surface area contributed by atoms with Crippen LogP contribution in [0, 0.1) is 18.8 Å². The van der Waals surface area contributed by atoms with E-state index in [1.54, 1.807) is 7.11 Å². The van der Waals surface area contributed by atoms with Crippen LogP contribution in [0.5, 0.6) is 5.75 Å². The van der Waals surface area contributed by atoms with Crippen molar-refractivity contribution < 1.29 is 9.84 Å². The molecule has 0 heterocycles. The summed E-state index contributed by atoms with van der Waals surface area (Å²) in [5, 5.41) is 9.81. The molecule has 0 aliphatic heterocycles. The molecule has 0 aromatic heterocycles. The van der Waals surface area contributed by atoms with E-state index >= 15 is 0 Å². The van der Waals surface area contributed by atoms with Gasteiger partial charge in [-0.2, -0.15) is 0 Å². The summed E-state index contributed by atoms with van der Waals surface area (Å²) < 4.78 is 5.56. The van der Waals surface area contributed by atoms with E-state index in [0.717, 1.165) is 43.9 Å². The lowest BCUT2D eigenvalue weighted by molar-refractivity contribution is 0.182. The predicted octanol–water partition coefficient (Wildman–Crippen LogP) is 8.64. The van der Waals surface area contributed by atoms with Crippen LogP contribution in [0.3, 0.4) is 0 Å². The molecule has 0 bridgehead atoms. The molecule has 4 atom stereocenters. The maximum absolute atomic E-state index is 9.81. The van der Waals surface area contributed by atoms with Crippen molar-refractivity contribution in [3.8, 4) is 5.75 Å². The number of rotatable bonds is 13. The van der Waals surface area contributed by atoms with Gasteiger partial charge in [-0.3, -0.25) is 0 Å². The number of hydrogen-bond donors (Lipinski definition) is 1. The van der Waals surface area contributed by atoms with Gasteiger partial charge in [0, 0.05) is 18.3 Å². The lowest BCUT2D eigenvalue weighted by Gasteiger charge is -2.34. The Morgan fingerprint density at radius 1 is 1.24 bits per heavy atom. The molecule has 204 valence electrons. The van der Waals surface area contributed by atoms with Crippen LogP contribution in [-0.2, 0) is 0 Å². The molecule has 37 heavy (non-hydrogen) atoms. The second kappa shape index (κ2) is 13.5. The molecule has 4 unspecified atom stereocenters. The SMILES string of the molecule is C=C(C)N(C/C(C)=C/C1=C(CCCC(C)O)C=C(c2cc(C)cc(OC)c2)C1)C1CC(CCC)CC1C. The molecule has 1 N–H and O–H groups in total.